The van der Waals surface area contributed by atoms with Gasteiger partial charge in [-0.15, -0.1) is 0 Å². The van der Waals surface area contributed by atoms with E-state index in [4.69, 9.17) is 4.74 Å². The summed E-state index contributed by atoms with van der Waals surface area (Å²) in [7, 11) is -2.97. The minimum Gasteiger partial charge on any atom is -0.473 e. The van der Waals surface area contributed by atoms with E-state index in [1.165, 1.54) is 6.26 Å². The van der Waals surface area contributed by atoms with Crippen molar-refractivity contribution in [1.82, 2.24) is 14.8 Å². The summed E-state index contributed by atoms with van der Waals surface area (Å²) < 4.78 is 28.3. The lowest BCUT2D eigenvalue weighted by atomic mass is 10.2. The first-order chi connectivity index (χ1) is 13.4. The number of nitrogens with zero attached hydrogens (tertiary/aromatic N) is 3. The smallest absolute Gasteiger partial charge is 0.254 e. The van der Waals surface area contributed by atoms with Crippen molar-refractivity contribution in [2.45, 2.75) is 6.61 Å². The van der Waals surface area contributed by atoms with Crippen molar-refractivity contribution >= 4 is 15.7 Å². The Hall–Kier alpha value is -2.45. The van der Waals surface area contributed by atoms with E-state index in [1.807, 2.05) is 30.3 Å². The zero-order chi connectivity index (χ0) is 20.0. The Morgan fingerprint density at radius 2 is 1.82 bits per heavy atom. The number of sulfone groups is 1. The lowest BCUT2D eigenvalue weighted by Gasteiger charge is -2.34. The van der Waals surface area contributed by atoms with E-state index in [-0.39, 0.29) is 11.7 Å². The van der Waals surface area contributed by atoms with Gasteiger partial charge in [-0.2, -0.15) is 0 Å². The van der Waals surface area contributed by atoms with Gasteiger partial charge >= 0.3 is 0 Å². The molecular weight excluding hydrogens is 378 g/mol. The molecule has 2 heterocycles. The SMILES string of the molecule is CS(=O)(=O)CCN1CCN(C(=O)c2ccnc(OCc3ccccc3)c2)CC1. The Balaban J connectivity index is 1.53. The van der Waals surface area contributed by atoms with Crippen LogP contribution < -0.4 is 4.74 Å². The van der Waals surface area contributed by atoms with Crippen LogP contribution in [0.5, 0.6) is 5.88 Å². The highest BCUT2D eigenvalue weighted by atomic mass is 32.2. The molecule has 0 bridgehead atoms. The molecule has 1 saturated heterocycles. The molecule has 0 saturated carbocycles. The normalized spacial score (nSPS) is 15.4. The number of hydrogen-bond donors (Lipinski definition) is 0. The zero-order valence-electron chi connectivity index (χ0n) is 16.0. The molecule has 1 amide bonds. The maximum atomic E-state index is 12.8. The molecule has 1 aromatic heterocycles. The molecule has 0 unspecified atom stereocenters. The van der Waals surface area contributed by atoms with Crippen LogP contribution in [0.1, 0.15) is 15.9 Å². The van der Waals surface area contributed by atoms with Gasteiger partial charge in [-0.05, 0) is 11.6 Å². The van der Waals surface area contributed by atoms with Gasteiger partial charge in [0.05, 0.1) is 5.75 Å². The highest BCUT2D eigenvalue weighted by molar-refractivity contribution is 7.90. The lowest BCUT2D eigenvalue weighted by Crippen LogP contribution is -2.49. The third kappa shape index (κ3) is 6.03. The van der Waals surface area contributed by atoms with Crippen LogP contribution in [-0.2, 0) is 16.4 Å². The van der Waals surface area contributed by atoms with Gasteiger partial charge in [-0.3, -0.25) is 9.69 Å². The predicted molar refractivity (Wildman–Crippen MR) is 107 cm³/mol. The predicted octanol–water partition coefficient (Wildman–Crippen LogP) is 1.46. The van der Waals surface area contributed by atoms with Gasteiger partial charge in [0, 0.05) is 56.8 Å². The van der Waals surface area contributed by atoms with Gasteiger partial charge < -0.3 is 9.64 Å². The highest BCUT2D eigenvalue weighted by Crippen LogP contribution is 2.15. The van der Waals surface area contributed by atoms with Crippen molar-refractivity contribution in [3.05, 3.63) is 59.8 Å². The van der Waals surface area contributed by atoms with E-state index in [2.05, 4.69) is 9.88 Å². The fourth-order valence-electron chi connectivity index (χ4n) is 3.00. The van der Waals surface area contributed by atoms with Gasteiger partial charge in [-0.1, -0.05) is 30.3 Å². The van der Waals surface area contributed by atoms with Crippen molar-refractivity contribution < 1.29 is 17.9 Å². The van der Waals surface area contributed by atoms with Gasteiger partial charge in [0.1, 0.15) is 16.4 Å². The van der Waals surface area contributed by atoms with Gasteiger partial charge in [0.15, 0.2) is 0 Å². The number of hydrogen-bond acceptors (Lipinski definition) is 6. The standard InChI is InChI=1S/C20H25N3O4S/c1-28(25,26)14-13-22-9-11-23(12-10-22)20(24)18-7-8-21-19(15-18)27-16-17-5-3-2-4-6-17/h2-8,15H,9-14,16H2,1H3. The molecule has 1 aliphatic rings. The fraction of sp³-hybridized carbons (Fsp3) is 0.400. The van der Waals surface area contributed by atoms with Gasteiger partial charge in [0.25, 0.3) is 5.91 Å². The summed E-state index contributed by atoms with van der Waals surface area (Å²) in [6.45, 7) is 3.39. The number of carbonyl (C=O) groups is 1. The molecule has 28 heavy (non-hydrogen) atoms. The quantitative estimate of drug-likeness (QED) is 0.696. The largest absolute Gasteiger partial charge is 0.473 e. The molecule has 3 rings (SSSR count). The Bertz CT molecular complexity index is 895. The molecule has 2 aromatic rings. The first-order valence-electron chi connectivity index (χ1n) is 9.23. The number of pyridine rings is 1. The number of piperazine rings is 1. The maximum Gasteiger partial charge on any atom is 0.254 e. The minimum absolute atomic E-state index is 0.0604. The van der Waals surface area contributed by atoms with Crippen LogP contribution in [0.2, 0.25) is 0 Å². The average molecular weight is 404 g/mol. The first-order valence-corrected chi connectivity index (χ1v) is 11.3. The summed E-state index contributed by atoms with van der Waals surface area (Å²) in [6, 6.07) is 13.1. The monoisotopic (exact) mass is 403 g/mol. The van der Waals surface area contributed by atoms with Crippen molar-refractivity contribution in [1.29, 1.82) is 0 Å². The van der Waals surface area contributed by atoms with E-state index in [0.29, 0.717) is 50.8 Å². The van der Waals surface area contributed by atoms with E-state index >= 15 is 0 Å². The van der Waals surface area contributed by atoms with Crippen molar-refractivity contribution in [3.63, 3.8) is 0 Å². The zero-order valence-corrected chi connectivity index (χ0v) is 16.8. The number of ether oxygens (including phenoxy) is 1. The minimum atomic E-state index is -2.97. The molecule has 7 nitrogen and oxygen atoms in total. The molecule has 1 aromatic carbocycles. The summed E-state index contributed by atoms with van der Waals surface area (Å²) in [5, 5.41) is 0. The summed E-state index contributed by atoms with van der Waals surface area (Å²) >= 11 is 0. The lowest BCUT2D eigenvalue weighted by molar-refractivity contribution is 0.0643. The van der Waals surface area contributed by atoms with Crippen LogP contribution >= 0.6 is 0 Å². The molecule has 0 N–H and O–H groups in total. The second-order valence-corrected chi connectivity index (χ2v) is 9.18. The molecule has 0 spiro atoms. The van der Waals surface area contributed by atoms with Crippen LogP contribution in [0.25, 0.3) is 0 Å². The average Bonchev–Trinajstić information content (AvgIpc) is 2.71. The van der Waals surface area contributed by atoms with Gasteiger partial charge in [0.2, 0.25) is 5.88 Å². The second-order valence-electron chi connectivity index (χ2n) is 6.92. The number of benzene rings is 1. The molecule has 0 aliphatic carbocycles. The van der Waals surface area contributed by atoms with E-state index in [9.17, 15) is 13.2 Å². The van der Waals surface area contributed by atoms with Crippen LogP contribution in [-0.4, -0.2) is 73.8 Å². The topological polar surface area (TPSA) is 79.8 Å². The second kappa shape index (κ2) is 9.16. The number of amides is 1. The Morgan fingerprint density at radius 3 is 2.50 bits per heavy atom. The molecule has 8 heteroatoms. The molecule has 0 radical (unpaired) electrons. The van der Waals surface area contributed by atoms with Crippen LogP contribution in [0, 0.1) is 0 Å². The fourth-order valence-corrected chi connectivity index (χ4v) is 3.59. The van der Waals surface area contributed by atoms with Crippen molar-refractivity contribution in [2.75, 3.05) is 44.7 Å². The summed E-state index contributed by atoms with van der Waals surface area (Å²) in [4.78, 5) is 20.8. The van der Waals surface area contributed by atoms with E-state index in [0.717, 1.165) is 5.56 Å². The summed E-state index contributed by atoms with van der Waals surface area (Å²) in [5.41, 5.74) is 1.58. The molecule has 1 fully saturated rings. The number of aromatic nitrogens is 1. The molecule has 150 valence electrons. The van der Waals surface area contributed by atoms with Crippen molar-refractivity contribution in [2.24, 2.45) is 0 Å². The Morgan fingerprint density at radius 1 is 1.11 bits per heavy atom. The Labute approximate surface area is 165 Å². The molecular formula is C20H25N3O4S. The highest BCUT2D eigenvalue weighted by Gasteiger charge is 2.23. The molecule has 0 atom stereocenters. The summed E-state index contributed by atoms with van der Waals surface area (Å²) in [5.74, 6) is 0.504. The van der Waals surface area contributed by atoms with E-state index in [1.54, 1.807) is 23.2 Å². The van der Waals surface area contributed by atoms with Crippen LogP contribution in [0.3, 0.4) is 0 Å². The van der Waals surface area contributed by atoms with Crippen LogP contribution in [0.15, 0.2) is 48.7 Å². The first kappa shape index (κ1) is 20.3. The summed E-state index contributed by atoms with van der Waals surface area (Å²) in [6.07, 6.45) is 2.82. The van der Waals surface area contributed by atoms with Crippen molar-refractivity contribution in [3.8, 4) is 5.88 Å². The maximum absolute atomic E-state index is 12.8. The third-order valence-corrected chi connectivity index (χ3v) is 5.57. The number of rotatable bonds is 7. The Kier molecular flexibility index (Phi) is 6.64. The van der Waals surface area contributed by atoms with Crippen LogP contribution in [0.4, 0.5) is 0 Å². The number of carbonyl (C=O) groups excluding carboxylic acids is 1. The third-order valence-electron chi connectivity index (χ3n) is 4.65. The van der Waals surface area contributed by atoms with Gasteiger partial charge in [-0.25, -0.2) is 13.4 Å². The van der Waals surface area contributed by atoms with E-state index < -0.39 is 9.84 Å². The molecule has 1 aliphatic heterocycles.